The van der Waals surface area contributed by atoms with E-state index in [9.17, 15) is 27.6 Å². The number of aromatic amines is 1. The normalized spacial score (nSPS) is 17.4. The highest BCUT2D eigenvalue weighted by molar-refractivity contribution is 6.34. The first kappa shape index (κ1) is 29.9. The number of hydrogen-bond acceptors (Lipinski definition) is 6. The van der Waals surface area contributed by atoms with Crippen LogP contribution in [-0.2, 0) is 13.2 Å². The summed E-state index contributed by atoms with van der Waals surface area (Å²) in [5.74, 6) is -0.673. The smallest absolute Gasteiger partial charge is 0.338 e. The lowest BCUT2D eigenvalue weighted by atomic mass is 10.0. The molecule has 4 amide bonds. The van der Waals surface area contributed by atoms with Crippen molar-refractivity contribution in [3.05, 3.63) is 52.2 Å². The van der Waals surface area contributed by atoms with E-state index in [1.807, 2.05) is 0 Å². The molecule has 44 heavy (non-hydrogen) atoms. The third kappa shape index (κ3) is 5.98. The maximum atomic E-state index is 13.7. The van der Waals surface area contributed by atoms with Gasteiger partial charge in [0.15, 0.2) is 11.5 Å². The van der Waals surface area contributed by atoms with E-state index in [-0.39, 0.29) is 51.2 Å². The van der Waals surface area contributed by atoms with Gasteiger partial charge in [-0.15, -0.1) is 0 Å². The number of halogens is 4. The molecule has 0 atom stereocenters. The number of aromatic nitrogens is 4. The van der Waals surface area contributed by atoms with Crippen LogP contribution in [0.25, 0.3) is 11.3 Å². The Hall–Kier alpha value is -4.11. The molecule has 4 N–H and O–H groups in total. The molecule has 3 aliphatic rings. The van der Waals surface area contributed by atoms with E-state index in [1.54, 1.807) is 9.80 Å². The molecule has 0 radical (unpaired) electrons. The van der Waals surface area contributed by atoms with Crippen LogP contribution in [0.1, 0.15) is 51.1 Å². The molecule has 0 spiro atoms. The van der Waals surface area contributed by atoms with E-state index in [4.69, 9.17) is 11.6 Å². The van der Waals surface area contributed by atoms with Gasteiger partial charge in [-0.05, 0) is 31.0 Å². The number of alkyl halides is 3. The first-order chi connectivity index (χ1) is 21.0. The van der Waals surface area contributed by atoms with E-state index in [0.29, 0.717) is 44.3 Å². The van der Waals surface area contributed by atoms with Crippen molar-refractivity contribution in [3.8, 4) is 11.3 Å². The van der Waals surface area contributed by atoms with Crippen molar-refractivity contribution in [2.45, 2.75) is 24.9 Å². The molecule has 1 aromatic carbocycles. The fourth-order valence-corrected chi connectivity index (χ4v) is 5.67. The molecule has 2 aliphatic heterocycles. The van der Waals surface area contributed by atoms with Gasteiger partial charge in [0.1, 0.15) is 0 Å². The Kier molecular flexibility index (Phi) is 8.01. The van der Waals surface area contributed by atoms with Crippen LogP contribution in [0.2, 0.25) is 5.02 Å². The minimum atomic E-state index is -4.68. The van der Waals surface area contributed by atoms with Gasteiger partial charge >= 0.3 is 12.2 Å². The van der Waals surface area contributed by atoms with Crippen LogP contribution in [0.15, 0.2) is 24.4 Å². The third-order valence-corrected chi connectivity index (χ3v) is 8.53. The van der Waals surface area contributed by atoms with Crippen LogP contribution in [0.3, 0.4) is 0 Å². The Morgan fingerprint density at radius 1 is 1.09 bits per heavy atom. The number of piperazine rings is 1. The minimum Gasteiger partial charge on any atom is -0.338 e. The molecule has 4 heterocycles. The number of imidazole rings is 1. The summed E-state index contributed by atoms with van der Waals surface area (Å²) < 4.78 is 42.5. The topological polar surface area (TPSA) is 140 Å². The molecule has 1 aliphatic carbocycles. The van der Waals surface area contributed by atoms with Crippen molar-refractivity contribution in [2.75, 3.05) is 51.1 Å². The molecule has 12 nitrogen and oxygen atoms in total. The lowest BCUT2D eigenvalue weighted by Crippen LogP contribution is -2.55. The second-order valence-corrected chi connectivity index (χ2v) is 11.7. The number of nitrogens with zero attached hydrogens (tertiary/aromatic N) is 5. The van der Waals surface area contributed by atoms with Crippen LogP contribution in [0.4, 0.5) is 23.7 Å². The molecule has 2 saturated heterocycles. The largest absolute Gasteiger partial charge is 0.435 e. The quantitative estimate of drug-likeness (QED) is 0.315. The van der Waals surface area contributed by atoms with Crippen molar-refractivity contribution in [3.63, 3.8) is 0 Å². The Morgan fingerprint density at radius 3 is 2.41 bits per heavy atom. The average Bonchev–Trinajstić information content (AvgIpc) is 3.58. The van der Waals surface area contributed by atoms with Crippen molar-refractivity contribution in [1.82, 2.24) is 40.2 Å². The van der Waals surface area contributed by atoms with Gasteiger partial charge in [0.2, 0.25) is 0 Å². The lowest BCUT2D eigenvalue weighted by Gasteiger charge is -2.35. The van der Waals surface area contributed by atoms with Crippen LogP contribution < -0.4 is 16.0 Å². The summed E-state index contributed by atoms with van der Waals surface area (Å²) in [5.41, 5.74) is -0.134. The number of nitrogens with one attached hydrogen (secondary N) is 4. The van der Waals surface area contributed by atoms with E-state index >= 15 is 0 Å². The molecule has 3 fully saturated rings. The molecule has 3 aromatic rings. The van der Waals surface area contributed by atoms with Crippen LogP contribution >= 0.6 is 11.6 Å². The number of carbonyl (C=O) groups excluding carboxylic acids is 3. The van der Waals surface area contributed by atoms with Crippen molar-refractivity contribution in [2.24, 2.45) is 13.0 Å². The molecule has 1 saturated carbocycles. The Labute approximate surface area is 255 Å². The number of urea groups is 1. The van der Waals surface area contributed by atoms with Crippen molar-refractivity contribution in [1.29, 1.82) is 0 Å². The van der Waals surface area contributed by atoms with Crippen LogP contribution in [0.5, 0.6) is 0 Å². The summed E-state index contributed by atoms with van der Waals surface area (Å²) >= 11 is 6.44. The molecule has 6 rings (SSSR count). The minimum absolute atomic E-state index is 0.0490. The van der Waals surface area contributed by atoms with Gasteiger partial charge in [-0.2, -0.15) is 18.3 Å². The maximum absolute atomic E-state index is 13.7. The fraction of sp³-hybridized carbons (Fsp3) is 0.464. The van der Waals surface area contributed by atoms with E-state index in [0.717, 1.165) is 25.9 Å². The highest BCUT2D eigenvalue weighted by atomic mass is 35.5. The molecule has 0 unspecified atom stereocenters. The number of rotatable bonds is 7. The Bertz CT molecular complexity index is 1590. The number of amides is 4. The summed E-state index contributed by atoms with van der Waals surface area (Å²) in [6.45, 7) is 3.90. The van der Waals surface area contributed by atoms with Crippen LogP contribution in [-0.4, -0.2) is 93.2 Å². The highest BCUT2D eigenvalue weighted by Crippen LogP contribution is 2.47. The van der Waals surface area contributed by atoms with Gasteiger partial charge in [-0.1, -0.05) is 11.6 Å². The molecule has 2 aromatic heterocycles. The molecule has 16 heteroatoms. The van der Waals surface area contributed by atoms with Gasteiger partial charge in [-0.25, -0.2) is 9.78 Å². The van der Waals surface area contributed by atoms with Gasteiger partial charge in [0, 0.05) is 76.1 Å². The van der Waals surface area contributed by atoms with E-state index in [1.165, 1.54) is 36.0 Å². The summed E-state index contributed by atoms with van der Waals surface area (Å²) in [7, 11) is 1.46. The zero-order valence-electron chi connectivity index (χ0n) is 23.8. The number of benzene rings is 1. The second-order valence-electron chi connectivity index (χ2n) is 11.3. The van der Waals surface area contributed by atoms with Crippen molar-refractivity contribution < 1.29 is 27.6 Å². The summed E-state index contributed by atoms with van der Waals surface area (Å²) in [4.78, 5) is 46.1. The van der Waals surface area contributed by atoms with Gasteiger partial charge < -0.3 is 30.3 Å². The standard InChI is InChI=1S/C28H31ClF3N9O3/c1-39-20(21-22(16-2-3-16)37-38-23(21)28(30,31)32)14-34-24(39)25(42)36-17-4-5-18(19(29)10-17)26(43)40-6-8-41(9-7-40)27(44)35-13-15-11-33-12-15/h4-5,10,14-16,33H,2-3,6-9,11-13H2,1H3,(H,35,44)(H,36,42)(H,37,38). The monoisotopic (exact) mass is 633 g/mol. The zero-order valence-corrected chi connectivity index (χ0v) is 24.6. The Balaban J connectivity index is 1.09. The number of H-pyrrole nitrogens is 1. The predicted molar refractivity (Wildman–Crippen MR) is 154 cm³/mol. The van der Waals surface area contributed by atoms with Gasteiger partial charge in [0.25, 0.3) is 11.8 Å². The summed E-state index contributed by atoms with van der Waals surface area (Å²) in [6, 6.07) is 4.30. The number of hydrogen-bond donors (Lipinski definition) is 4. The number of carbonyl (C=O) groups is 3. The highest BCUT2D eigenvalue weighted by Gasteiger charge is 2.42. The average molecular weight is 634 g/mol. The van der Waals surface area contributed by atoms with Gasteiger partial charge in [0.05, 0.1) is 28.0 Å². The Morgan fingerprint density at radius 2 is 1.80 bits per heavy atom. The van der Waals surface area contributed by atoms with E-state index in [2.05, 4.69) is 31.1 Å². The number of anilines is 1. The summed E-state index contributed by atoms with van der Waals surface area (Å²) in [5, 5.41) is 14.9. The molecular weight excluding hydrogens is 603 g/mol. The SMILES string of the molecule is Cn1c(-c2c(C(F)(F)F)n[nH]c2C2CC2)cnc1C(=O)Nc1ccc(C(=O)N2CCN(C(=O)NCC3CNC3)CC2)c(Cl)c1. The fourth-order valence-electron chi connectivity index (χ4n) is 5.41. The third-order valence-electron chi connectivity index (χ3n) is 8.22. The molecular formula is C28H31ClF3N9O3. The van der Waals surface area contributed by atoms with Crippen molar-refractivity contribution >= 4 is 35.1 Å². The molecule has 0 bridgehead atoms. The first-order valence-electron chi connectivity index (χ1n) is 14.3. The van der Waals surface area contributed by atoms with Crippen LogP contribution in [0, 0.1) is 5.92 Å². The molecule has 234 valence electrons. The second kappa shape index (κ2) is 11.8. The zero-order chi connectivity index (χ0) is 31.2. The summed E-state index contributed by atoms with van der Waals surface area (Å²) in [6.07, 6.45) is -1.95. The van der Waals surface area contributed by atoms with E-state index < -0.39 is 17.8 Å². The first-order valence-corrected chi connectivity index (χ1v) is 14.7. The maximum Gasteiger partial charge on any atom is 0.435 e. The lowest BCUT2D eigenvalue weighted by molar-refractivity contribution is -0.140. The predicted octanol–water partition coefficient (Wildman–Crippen LogP) is 3.30. The van der Waals surface area contributed by atoms with Gasteiger partial charge in [-0.3, -0.25) is 14.7 Å².